The highest BCUT2D eigenvalue weighted by atomic mass is 16.5. The lowest BCUT2D eigenvalue weighted by molar-refractivity contribution is -0.0113. The molecule has 0 radical (unpaired) electrons. The summed E-state index contributed by atoms with van der Waals surface area (Å²) in [5.41, 5.74) is 2.47. The third kappa shape index (κ3) is 4.04. The molecule has 4 rings (SSSR count). The molecule has 30 heavy (non-hydrogen) atoms. The van der Waals surface area contributed by atoms with E-state index in [9.17, 15) is 9.90 Å². The van der Waals surface area contributed by atoms with Crippen LogP contribution in [0.1, 0.15) is 29.6 Å². The monoisotopic (exact) mass is 416 g/mol. The zero-order valence-electron chi connectivity index (χ0n) is 18.1. The second-order valence-corrected chi connectivity index (χ2v) is 8.79. The van der Waals surface area contributed by atoms with Crippen LogP contribution in [0.4, 0.5) is 5.95 Å². The Labute approximate surface area is 177 Å². The van der Waals surface area contributed by atoms with Crippen molar-refractivity contribution in [1.29, 1.82) is 0 Å². The minimum absolute atomic E-state index is 0.185. The molecule has 0 saturated carbocycles. The number of benzene rings is 1. The van der Waals surface area contributed by atoms with Gasteiger partial charge in [-0.05, 0) is 49.9 Å². The normalized spacial score (nSPS) is 22.0. The summed E-state index contributed by atoms with van der Waals surface area (Å²) in [5, 5.41) is 10.3. The Morgan fingerprint density at radius 2 is 2.07 bits per heavy atom. The molecule has 8 nitrogen and oxygen atoms in total. The number of anilines is 1. The van der Waals surface area contributed by atoms with E-state index in [0.717, 1.165) is 62.4 Å². The lowest BCUT2D eigenvalue weighted by atomic mass is 9.72. The number of fused-ring (bicyclic) bond motifs is 1. The number of aliphatic hydroxyl groups excluding tert-OH is 1. The lowest BCUT2D eigenvalue weighted by Crippen LogP contribution is -2.53. The molecule has 0 aliphatic carbocycles. The Morgan fingerprint density at radius 1 is 1.30 bits per heavy atom. The first-order valence-electron chi connectivity index (χ1n) is 10.6. The number of likely N-dealkylation sites (N-methyl/N-ethyl adjacent to an activating group) is 1. The zero-order chi connectivity index (χ0) is 21.3. The molecule has 3 heterocycles. The van der Waals surface area contributed by atoms with Crippen LogP contribution in [-0.2, 0) is 16.0 Å². The Balaban J connectivity index is 1.60. The third-order valence-electron chi connectivity index (χ3n) is 6.57. The Bertz CT molecular complexity index is 892. The summed E-state index contributed by atoms with van der Waals surface area (Å²) in [5.74, 6) is 0.563. The highest BCUT2D eigenvalue weighted by Gasteiger charge is 2.41. The molecule has 1 atom stereocenters. The Morgan fingerprint density at radius 3 is 2.73 bits per heavy atom. The van der Waals surface area contributed by atoms with Gasteiger partial charge in [-0.25, -0.2) is 9.78 Å². The van der Waals surface area contributed by atoms with E-state index >= 15 is 0 Å². The maximum absolute atomic E-state index is 11.9. The highest BCUT2D eigenvalue weighted by molar-refractivity contribution is 5.94. The molecule has 1 aromatic heterocycles. The zero-order valence-corrected chi connectivity index (χ0v) is 18.1. The summed E-state index contributed by atoms with van der Waals surface area (Å²) >= 11 is 0. The van der Waals surface area contributed by atoms with Crippen molar-refractivity contribution in [3.63, 3.8) is 0 Å². The van der Waals surface area contributed by atoms with E-state index in [4.69, 9.17) is 14.5 Å². The number of ether oxygens (including phenoxy) is 2. The predicted octanol–water partition coefficient (Wildman–Crippen LogP) is 1.75. The van der Waals surface area contributed by atoms with Gasteiger partial charge in [0.05, 0.1) is 36.4 Å². The Kier molecular flexibility index (Phi) is 5.99. The fourth-order valence-electron chi connectivity index (χ4n) is 5.18. The summed E-state index contributed by atoms with van der Waals surface area (Å²) in [4.78, 5) is 21.4. The first kappa shape index (κ1) is 21.1. The largest absolute Gasteiger partial charge is 0.465 e. The van der Waals surface area contributed by atoms with Crippen LogP contribution in [0, 0.1) is 5.41 Å². The van der Waals surface area contributed by atoms with Crippen LogP contribution in [0.2, 0.25) is 0 Å². The van der Waals surface area contributed by atoms with E-state index in [-0.39, 0.29) is 17.5 Å². The van der Waals surface area contributed by atoms with E-state index in [0.29, 0.717) is 18.7 Å². The van der Waals surface area contributed by atoms with E-state index in [1.54, 1.807) is 19.2 Å². The molecule has 1 N–H and O–H groups in total. The van der Waals surface area contributed by atoms with Crippen LogP contribution in [-0.4, -0.2) is 85.7 Å². The fourth-order valence-corrected chi connectivity index (χ4v) is 5.18. The van der Waals surface area contributed by atoms with Gasteiger partial charge < -0.3 is 28.9 Å². The molecule has 1 spiro atoms. The molecule has 1 unspecified atom stereocenters. The van der Waals surface area contributed by atoms with Crippen LogP contribution in [0.5, 0.6) is 0 Å². The molecule has 0 bridgehead atoms. The van der Waals surface area contributed by atoms with Crippen molar-refractivity contribution in [2.24, 2.45) is 5.41 Å². The second kappa shape index (κ2) is 8.53. The van der Waals surface area contributed by atoms with Gasteiger partial charge >= 0.3 is 5.97 Å². The number of carbonyl (C=O) groups is 1. The number of nitrogens with zero attached hydrogens (tertiary/aromatic N) is 4. The van der Waals surface area contributed by atoms with Gasteiger partial charge in [0.2, 0.25) is 5.95 Å². The maximum atomic E-state index is 11.9. The first-order chi connectivity index (χ1) is 14.4. The van der Waals surface area contributed by atoms with Gasteiger partial charge in [0.1, 0.15) is 0 Å². The van der Waals surface area contributed by atoms with Crippen LogP contribution in [0.3, 0.4) is 0 Å². The molecule has 2 aliphatic heterocycles. The van der Waals surface area contributed by atoms with Crippen molar-refractivity contribution in [1.82, 2.24) is 14.5 Å². The summed E-state index contributed by atoms with van der Waals surface area (Å²) in [6, 6.07) is 5.52. The smallest absolute Gasteiger partial charge is 0.337 e. The number of aliphatic hydroxyl groups is 1. The minimum atomic E-state index is -0.357. The van der Waals surface area contributed by atoms with Crippen LogP contribution >= 0.6 is 0 Å². The van der Waals surface area contributed by atoms with Gasteiger partial charge in [-0.2, -0.15) is 0 Å². The molecule has 0 amide bonds. The third-order valence-corrected chi connectivity index (χ3v) is 6.57. The van der Waals surface area contributed by atoms with Crippen molar-refractivity contribution in [2.45, 2.75) is 31.9 Å². The number of carbonyl (C=O) groups excluding carboxylic acids is 1. The van der Waals surface area contributed by atoms with Gasteiger partial charge in [0.15, 0.2) is 0 Å². The average Bonchev–Trinajstić information content (AvgIpc) is 3.08. The number of likely N-dealkylation sites (tertiary alicyclic amines) is 1. The van der Waals surface area contributed by atoms with Gasteiger partial charge in [0.25, 0.3) is 0 Å². The maximum Gasteiger partial charge on any atom is 0.337 e. The standard InChI is InChI=1S/C22H32N4O4/c1-24-14-17(27)13-22(15-24)6-8-25(9-7-22)21-23-18-12-16(20(28)30-3)4-5-19(18)26(21)10-11-29-2/h4-5,12,17,27H,6-11,13-15H2,1-3H3. The molecule has 164 valence electrons. The molecule has 2 saturated heterocycles. The SMILES string of the molecule is COCCn1c(N2CCC3(CC2)CC(O)CN(C)C3)nc2cc(C(=O)OC)ccc21. The summed E-state index contributed by atoms with van der Waals surface area (Å²) in [6.07, 6.45) is 2.72. The average molecular weight is 417 g/mol. The minimum Gasteiger partial charge on any atom is -0.465 e. The van der Waals surface area contributed by atoms with E-state index < -0.39 is 0 Å². The number of aromatic nitrogens is 2. The van der Waals surface area contributed by atoms with Crippen LogP contribution in [0.15, 0.2) is 18.2 Å². The number of imidazole rings is 1. The van der Waals surface area contributed by atoms with Gasteiger partial charge in [-0.15, -0.1) is 0 Å². The molecule has 1 aromatic carbocycles. The predicted molar refractivity (Wildman–Crippen MR) is 115 cm³/mol. The van der Waals surface area contributed by atoms with Crippen molar-refractivity contribution in [2.75, 3.05) is 59.0 Å². The topological polar surface area (TPSA) is 80.1 Å². The summed E-state index contributed by atoms with van der Waals surface area (Å²) in [6.45, 7) is 4.90. The number of piperidine rings is 2. The van der Waals surface area contributed by atoms with Crippen molar-refractivity contribution >= 4 is 23.0 Å². The number of hydrogen-bond acceptors (Lipinski definition) is 7. The second-order valence-electron chi connectivity index (χ2n) is 8.79. The van der Waals surface area contributed by atoms with Crippen LogP contribution < -0.4 is 4.90 Å². The lowest BCUT2D eigenvalue weighted by Gasteiger charge is -2.48. The van der Waals surface area contributed by atoms with E-state index in [2.05, 4.69) is 21.4 Å². The quantitative estimate of drug-likeness (QED) is 0.744. The van der Waals surface area contributed by atoms with Crippen LogP contribution in [0.25, 0.3) is 11.0 Å². The van der Waals surface area contributed by atoms with E-state index in [1.165, 1.54) is 7.11 Å². The van der Waals surface area contributed by atoms with E-state index in [1.807, 2.05) is 6.07 Å². The first-order valence-corrected chi connectivity index (χ1v) is 10.6. The molecule has 2 aliphatic rings. The van der Waals surface area contributed by atoms with Crippen molar-refractivity contribution < 1.29 is 19.4 Å². The molecule has 2 fully saturated rings. The molecular weight excluding hydrogens is 384 g/mol. The summed E-state index contributed by atoms with van der Waals surface area (Å²) in [7, 11) is 5.18. The number of β-amino-alcohol motifs (C(OH)–C–C–N with tert-alkyl or cyclic N) is 1. The number of hydrogen-bond donors (Lipinski definition) is 1. The summed E-state index contributed by atoms with van der Waals surface area (Å²) < 4.78 is 12.4. The molecular formula is C22H32N4O4. The number of esters is 1. The van der Waals surface area contributed by atoms with Gasteiger partial charge in [0, 0.05) is 39.8 Å². The number of methoxy groups -OCH3 is 2. The van der Waals surface area contributed by atoms with Crippen molar-refractivity contribution in [3.05, 3.63) is 23.8 Å². The molecule has 8 heteroatoms. The van der Waals surface area contributed by atoms with Crippen molar-refractivity contribution in [3.8, 4) is 0 Å². The highest BCUT2D eigenvalue weighted by Crippen LogP contribution is 2.40. The fraction of sp³-hybridized carbons (Fsp3) is 0.636. The number of rotatable bonds is 5. The Hall–Kier alpha value is -2.16. The van der Waals surface area contributed by atoms with Gasteiger partial charge in [-0.3, -0.25) is 0 Å². The molecule has 2 aromatic rings. The van der Waals surface area contributed by atoms with Gasteiger partial charge in [-0.1, -0.05) is 0 Å².